The largest absolute Gasteiger partial charge is 0.478 e. The molecule has 0 unspecified atom stereocenters. The van der Waals surface area contributed by atoms with Crippen LogP contribution < -0.4 is 21.7 Å². The van der Waals surface area contributed by atoms with E-state index in [1.54, 1.807) is 30.5 Å². The Hall–Kier alpha value is -6.55. The molecule has 2 aliphatic carbocycles. The Morgan fingerprint density at radius 3 is 1.76 bits per heavy atom. The van der Waals surface area contributed by atoms with Gasteiger partial charge in [-0.1, -0.05) is 60.2 Å². The second-order valence-electron chi connectivity index (χ2n) is 15.5. The first-order chi connectivity index (χ1) is 29.7. The number of pyridine rings is 1. The lowest BCUT2D eigenvalue weighted by molar-refractivity contribution is -0.122. The van der Waals surface area contributed by atoms with E-state index >= 15 is 0 Å². The summed E-state index contributed by atoms with van der Waals surface area (Å²) in [5, 5.41) is 18.2. The first-order valence-electron chi connectivity index (χ1n) is 20.0. The monoisotopic (exact) mass is 862 g/mol. The van der Waals surface area contributed by atoms with Crippen molar-refractivity contribution in [3.63, 3.8) is 0 Å². The number of aromatic nitrogens is 1. The molecule has 7 rings (SSSR count). The topological polar surface area (TPSA) is 216 Å². The highest BCUT2D eigenvalue weighted by molar-refractivity contribution is 6.34. The Morgan fingerprint density at radius 2 is 1.27 bits per heavy atom. The Balaban J connectivity index is 0.000000221. The van der Waals surface area contributed by atoms with Crippen molar-refractivity contribution >= 4 is 65.0 Å². The van der Waals surface area contributed by atoms with Crippen LogP contribution in [0.1, 0.15) is 69.5 Å². The fourth-order valence-corrected chi connectivity index (χ4v) is 7.39. The lowest BCUT2D eigenvalue weighted by Gasteiger charge is -2.28. The number of aliphatic imine (C=N–C) groups is 1. The summed E-state index contributed by atoms with van der Waals surface area (Å²) in [6, 6.07) is 19.6. The molecule has 2 heterocycles. The Labute approximate surface area is 365 Å². The minimum Gasteiger partial charge on any atom is -0.478 e. The van der Waals surface area contributed by atoms with Crippen LogP contribution in [0, 0.1) is 17.8 Å². The van der Waals surface area contributed by atoms with Crippen LogP contribution >= 0.6 is 11.6 Å². The van der Waals surface area contributed by atoms with Crippen molar-refractivity contribution < 1.29 is 33.9 Å². The number of carboxylic acid groups (broad SMARTS) is 1. The van der Waals surface area contributed by atoms with Crippen LogP contribution in [0.25, 0.3) is 0 Å². The zero-order valence-electron chi connectivity index (χ0n) is 35.0. The molecule has 3 aromatic carbocycles. The minimum atomic E-state index is -0.984. The molecule has 0 spiro atoms. The highest BCUT2D eigenvalue weighted by atomic mass is 35.5. The molecule has 0 saturated heterocycles. The van der Waals surface area contributed by atoms with Gasteiger partial charge in [-0.3, -0.25) is 29.0 Å². The average Bonchev–Trinajstić information content (AvgIpc) is 4.01. The number of carbonyl (C=O) groups is 6. The number of allylic oxidation sites excluding steroid dienone is 1. The predicted octanol–water partition coefficient (Wildman–Crippen LogP) is 4.78. The molecule has 2 bridgehead atoms. The van der Waals surface area contributed by atoms with E-state index in [0.717, 1.165) is 42.8 Å². The van der Waals surface area contributed by atoms with Crippen molar-refractivity contribution in [2.45, 2.75) is 18.9 Å². The number of amides is 3. The second kappa shape index (κ2) is 21.8. The highest BCUT2D eigenvalue weighted by Gasteiger charge is 2.48. The van der Waals surface area contributed by atoms with Gasteiger partial charge in [-0.2, -0.15) is 0 Å². The summed E-state index contributed by atoms with van der Waals surface area (Å²) >= 11 is 6.55. The van der Waals surface area contributed by atoms with Crippen molar-refractivity contribution in [3.05, 3.63) is 135 Å². The maximum Gasteiger partial charge on any atom is 0.335 e. The molecule has 4 atom stereocenters. The molecule has 1 aromatic heterocycles. The van der Waals surface area contributed by atoms with E-state index in [1.807, 2.05) is 62.3 Å². The standard InChI is InChI=1S/C26H29ClN6O2.C12H16N2O2.C8H6O3/c1-33(2)10-9-29-26(35)15-5-3-14(4-6-15)19-12-20-24(31-19)23(18(27)13-30-20)32-22-17-8-7-16(11-17)21(22)25(28)34;1-14(2)8-7-13-12(16)11-5-3-10(9-15)4-6-11;9-5-6-1-3-7(4-2-6)8(10)11/h3-8,13,16-17,21-22H,9-12H2,1-2H3,(H2,28,34)(H,29,35)(H,30,32);3-6,9H,7-8H2,1-2H3,(H,13,16);1-5H,(H,10,11)/t16-,17+,21+,22-;;/m1../s1. The highest BCUT2D eigenvalue weighted by Crippen LogP contribution is 2.47. The summed E-state index contributed by atoms with van der Waals surface area (Å²) < 4.78 is 0. The first kappa shape index (κ1) is 46.5. The number of nitrogens with one attached hydrogen (secondary N) is 3. The number of halogens is 1. The van der Waals surface area contributed by atoms with E-state index in [2.05, 4.69) is 33.1 Å². The number of aldehydes is 2. The van der Waals surface area contributed by atoms with E-state index in [0.29, 0.717) is 64.4 Å². The number of carboxylic acids is 1. The fraction of sp³-hybridized carbons (Fsp3) is 0.304. The predicted molar refractivity (Wildman–Crippen MR) is 239 cm³/mol. The third-order valence-electron chi connectivity index (χ3n) is 10.5. The van der Waals surface area contributed by atoms with Crippen LogP contribution in [-0.2, 0) is 11.2 Å². The van der Waals surface area contributed by atoms with Gasteiger partial charge in [-0.05, 0) is 88.4 Å². The van der Waals surface area contributed by atoms with Gasteiger partial charge in [0.1, 0.15) is 18.3 Å². The third-order valence-corrected chi connectivity index (χ3v) is 10.8. The number of likely N-dealkylation sites (N-methyl/N-ethyl adjacent to an activating group) is 2. The zero-order valence-corrected chi connectivity index (χ0v) is 35.8. The molecule has 0 radical (unpaired) electrons. The normalized spacial score (nSPS) is 17.8. The summed E-state index contributed by atoms with van der Waals surface area (Å²) in [6.07, 6.45) is 8.79. The number of anilines is 1. The van der Waals surface area contributed by atoms with E-state index in [1.165, 1.54) is 24.3 Å². The fourth-order valence-electron chi connectivity index (χ4n) is 7.20. The Bertz CT molecular complexity index is 2310. The van der Waals surface area contributed by atoms with Gasteiger partial charge in [-0.15, -0.1) is 0 Å². The van der Waals surface area contributed by atoms with Gasteiger partial charge in [-0.25, -0.2) is 9.79 Å². The number of fused-ring (bicyclic) bond motifs is 3. The average molecular weight is 863 g/mol. The van der Waals surface area contributed by atoms with Gasteiger partial charge in [0.05, 0.1) is 33.6 Å². The summed E-state index contributed by atoms with van der Waals surface area (Å²) in [4.78, 5) is 80.4. The number of nitrogens with two attached hydrogens (primary N) is 1. The van der Waals surface area contributed by atoms with Gasteiger partial charge < -0.3 is 36.6 Å². The zero-order chi connectivity index (χ0) is 44.9. The van der Waals surface area contributed by atoms with Crippen LogP contribution in [0.2, 0.25) is 5.02 Å². The number of nitrogens with zero attached hydrogens (tertiary/aromatic N) is 4. The molecule has 3 amide bonds. The van der Waals surface area contributed by atoms with E-state index in [-0.39, 0.29) is 47.1 Å². The lowest BCUT2D eigenvalue weighted by Crippen LogP contribution is -2.41. The van der Waals surface area contributed by atoms with Gasteiger partial charge in [0, 0.05) is 67.1 Å². The molecule has 62 heavy (non-hydrogen) atoms. The number of aromatic carboxylic acids is 1. The van der Waals surface area contributed by atoms with Gasteiger partial charge in [0.25, 0.3) is 11.8 Å². The SMILES string of the molecule is CN(C)CCNC(=O)c1ccc(C2=Nc3c(ncc(Cl)c3N[C@H]3[C@@H](C(N)=O)[C@@H]4C=C[C@H]3C4)C2)cc1.CN(C)CCNC(=O)c1ccc(C=O)cc1.O=Cc1ccc(C(=O)O)cc1. The molecule has 1 saturated carbocycles. The molecule has 16 heteroatoms. The summed E-state index contributed by atoms with van der Waals surface area (Å²) in [5.74, 6) is -1.36. The molecule has 6 N–H and O–H groups in total. The van der Waals surface area contributed by atoms with Gasteiger partial charge in [0.2, 0.25) is 5.91 Å². The molecule has 324 valence electrons. The molecular formula is C46H51ClN8O7. The third kappa shape index (κ3) is 12.3. The van der Waals surface area contributed by atoms with E-state index in [9.17, 15) is 28.8 Å². The van der Waals surface area contributed by atoms with Gasteiger partial charge in [0.15, 0.2) is 0 Å². The summed E-state index contributed by atoms with van der Waals surface area (Å²) in [5.41, 5.74) is 12.2. The number of carbonyl (C=O) groups excluding carboxylic acids is 5. The van der Waals surface area contributed by atoms with Crippen molar-refractivity contribution in [1.82, 2.24) is 25.4 Å². The Morgan fingerprint density at radius 1 is 0.774 bits per heavy atom. The number of benzene rings is 3. The first-order valence-corrected chi connectivity index (χ1v) is 20.4. The number of rotatable bonds is 15. The number of primary amides is 1. The summed E-state index contributed by atoms with van der Waals surface area (Å²) in [7, 11) is 7.83. The number of hydrogen-bond donors (Lipinski definition) is 5. The molecule has 3 aliphatic rings. The van der Waals surface area contributed by atoms with Gasteiger partial charge >= 0.3 is 5.97 Å². The molecule has 4 aromatic rings. The molecule has 15 nitrogen and oxygen atoms in total. The maximum absolute atomic E-state index is 12.4. The molecule has 1 aliphatic heterocycles. The van der Waals surface area contributed by atoms with Crippen molar-refractivity contribution in [1.29, 1.82) is 0 Å². The number of hydrogen-bond acceptors (Lipinski definition) is 11. The molecule has 1 fully saturated rings. The Kier molecular flexibility index (Phi) is 16.4. The van der Waals surface area contributed by atoms with Crippen LogP contribution in [-0.4, -0.2) is 122 Å². The quantitative estimate of drug-likeness (QED) is 0.0810. The van der Waals surface area contributed by atoms with Crippen LogP contribution in [0.3, 0.4) is 0 Å². The molecular weight excluding hydrogens is 812 g/mol. The second-order valence-corrected chi connectivity index (χ2v) is 15.9. The minimum absolute atomic E-state index is 0.0982. The van der Waals surface area contributed by atoms with Crippen molar-refractivity contribution in [3.8, 4) is 0 Å². The lowest BCUT2D eigenvalue weighted by atomic mass is 9.88. The van der Waals surface area contributed by atoms with Crippen LogP contribution in [0.15, 0.2) is 96.1 Å². The van der Waals surface area contributed by atoms with Crippen molar-refractivity contribution in [2.24, 2.45) is 28.5 Å². The van der Waals surface area contributed by atoms with E-state index < -0.39 is 5.97 Å². The van der Waals surface area contributed by atoms with Crippen molar-refractivity contribution in [2.75, 3.05) is 59.7 Å². The van der Waals surface area contributed by atoms with E-state index in [4.69, 9.17) is 27.4 Å². The maximum atomic E-state index is 12.4. The van der Waals surface area contributed by atoms with Crippen LogP contribution in [0.4, 0.5) is 11.4 Å². The smallest absolute Gasteiger partial charge is 0.335 e. The summed E-state index contributed by atoms with van der Waals surface area (Å²) in [6.45, 7) is 2.79. The van der Waals surface area contributed by atoms with Crippen LogP contribution in [0.5, 0.6) is 0 Å².